The van der Waals surface area contributed by atoms with Crippen LogP contribution in [0, 0.1) is 0 Å². The van der Waals surface area contributed by atoms with Crippen molar-refractivity contribution in [3.05, 3.63) is 48.3 Å². The normalized spacial score (nSPS) is 9.94. The Kier molecular flexibility index (Phi) is 2.95. The number of imidazole rings is 1. The number of hydrogen-bond acceptors (Lipinski definition) is 5. The molecule has 2 aromatic rings. The first kappa shape index (κ1) is 11.0. The van der Waals surface area contributed by atoms with E-state index in [0.717, 1.165) is 0 Å². The molecular formula is C11H9N3O3. The van der Waals surface area contributed by atoms with Gasteiger partial charge in [0.1, 0.15) is 12.0 Å². The van der Waals surface area contributed by atoms with Crippen molar-refractivity contribution in [3.8, 4) is 0 Å². The summed E-state index contributed by atoms with van der Waals surface area (Å²) in [7, 11) is 1.27. The molecule has 0 saturated carbocycles. The highest BCUT2D eigenvalue weighted by molar-refractivity contribution is 5.96. The minimum absolute atomic E-state index is 0.162. The van der Waals surface area contributed by atoms with Crippen LogP contribution < -0.4 is 0 Å². The summed E-state index contributed by atoms with van der Waals surface area (Å²) in [5.41, 5.74) is 0.533. The van der Waals surface area contributed by atoms with Gasteiger partial charge in [0.15, 0.2) is 0 Å². The molecule has 0 saturated heterocycles. The molecule has 0 atom stereocenters. The van der Waals surface area contributed by atoms with Crippen molar-refractivity contribution in [2.24, 2.45) is 0 Å². The Labute approximate surface area is 96.9 Å². The van der Waals surface area contributed by atoms with E-state index in [1.165, 1.54) is 48.7 Å². The molecule has 17 heavy (non-hydrogen) atoms. The van der Waals surface area contributed by atoms with Crippen molar-refractivity contribution in [1.29, 1.82) is 0 Å². The Morgan fingerprint density at radius 1 is 1.35 bits per heavy atom. The first-order valence-electron chi connectivity index (χ1n) is 4.79. The number of ether oxygens (including phenoxy) is 1. The molecule has 0 amide bonds. The average molecular weight is 231 g/mol. The molecule has 6 nitrogen and oxygen atoms in total. The van der Waals surface area contributed by atoms with Crippen LogP contribution in [0.15, 0.2) is 37.1 Å². The fraction of sp³-hybridized carbons (Fsp3) is 0.0909. The number of rotatable bonds is 2. The second-order valence-corrected chi connectivity index (χ2v) is 3.20. The van der Waals surface area contributed by atoms with Crippen molar-refractivity contribution in [2.45, 2.75) is 0 Å². The molecule has 6 heteroatoms. The van der Waals surface area contributed by atoms with Crippen LogP contribution in [-0.2, 0) is 4.74 Å². The zero-order chi connectivity index (χ0) is 12.3. The Balaban J connectivity index is 2.24. The van der Waals surface area contributed by atoms with Crippen LogP contribution in [0.25, 0.3) is 0 Å². The summed E-state index contributed by atoms with van der Waals surface area (Å²) < 4.78 is 5.84. The lowest BCUT2D eigenvalue weighted by atomic mass is 10.2. The third kappa shape index (κ3) is 2.20. The van der Waals surface area contributed by atoms with E-state index in [-0.39, 0.29) is 11.6 Å². The molecule has 0 N–H and O–H groups in total. The summed E-state index contributed by atoms with van der Waals surface area (Å²) in [6.07, 6.45) is 5.77. The Hall–Kier alpha value is -2.50. The van der Waals surface area contributed by atoms with Crippen molar-refractivity contribution in [3.63, 3.8) is 0 Å². The maximum absolute atomic E-state index is 11.8. The van der Waals surface area contributed by atoms with Gasteiger partial charge in [0.25, 0.3) is 5.91 Å². The molecule has 2 rings (SSSR count). The molecule has 0 fully saturated rings. The van der Waals surface area contributed by atoms with Gasteiger partial charge in [-0.15, -0.1) is 0 Å². The van der Waals surface area contributed by atoms with Gasteiger partial charge in [0.2, 0.25) is 0 Å². The van der Waals surface area contributed by atoms with Crippen molar-refractivity contribution in [1.82, 2.24) is 14.5 Å². The number of hydrogen-bond donors (Lipinski definition) is 0. The minimum atomic E-state index is -0.536. The van der Waals surface area contributed by atoms with E-state index in [1.807, 2.05) is 0 Å². The molecule has 0 spiro atoms. The van der Waals surface area contributed by atoms with Gasteiger partial charge in [-0.1, -0.05) is 0 Å². The van der Waals surface area contributed by atoms with Gasteiger partial charge in [0, 0.05) is 18.6 Å². The highest BCUT2D eigenvalue weighted by Crippen LogP contribution is 2.04. The zero-order valence-electron chi connectivity index (χ0n) is 9.03. The van der Waals surface area contributed by atoms with Crippen LogP contribution in [0.3, 0.4) is 0 Å². The van der Waals surface area contributed by atoms with Gasteiger partial charge in [-0.25, -0.2) is 14.8 Å². The number of methoxy groups -OCH3 is 1. The van der Waals surface area contributed by atoms with Gasteiger partial charge in [0.05, 0.1) is 12.7 Å². The predicted octanol–water partition coefficient (Wildman–Crippen LogP) is 0.753. The van der Waals surface area contributed by atoms with Crippen LogP contribution in [0.1, 0.15) is 20.8 Å². The summed E-state index contributed by atoms with van der Waals surface area (Å²) in [6, 6.07) is 2.96. The van der Waals surface area contributed by atoms with E-state index in [4.69, 9.17) is 0 Å². The number of carbonyl (C=O) groups excluding carboxylic acids is 2. The SMILES string of the molecule is COC(=O)c1ccc(C(=O)n2ccnc2)cn1. The Morgan fingerprint density at radius 2 is 2.18 bits per heavy atom. The number of nitrogens with zero attached hydrogens (tertiary/aromatic N) is 3. The molecule has 0 unspecified atom stereocenters. The second kappa shape index (κ2) is 4.56. The molecule has 0 aromatic carbocycles. The molecule has 0 radical (unpaired) electrons. The molecule has 0 aliphatic rings. The average Bonchev–Trinajstić information content (AvgIpc) is 2.91. The maximum Gasteiger partial charge on any atom is 0.356 e. The standard InChI is InChI=1S/C11H9N3O3/c1-17-11(16)9-3-2-8(6-13-9)10(15)14-5-4-12-7-14/h2-7H,1H3. The third-order valence-corrected chi connectivity index (χ3v) is 2.14. The van der Waals surface area contributed by atoms with Gasteiger partial charge in [-0.2, -0.15) is 0 Å². The summed E-state index contributed by atoms with van der Waals surface area (Å²) in [5, 5.41) is 0. The fourth-order valence-corrected chi connectivity index (χ4v) is 1.27. The Morgan fingerprint density at radius 3 is 2.71 bits per heavy atom. The van der Waals surface area contributed by atoms with Gasteiger partial charge < -0.3 is 4.74 Å². The topological polar surface area (TPSA) is 74.1 Å². The maximum atomic E-state index is 11.8. The van der Waals surface area contributed by atoms with Gasteiger partial charge >= 0.3 is 5.97 Å². The highest BCUT2D eigenvalue weighted by atomic mass is 16.5. The zero-order valence-corrected chi connectivity index (χ0v) is 9.03. The third-order valence-electron chi connectivity index (χ3n) is 2.14. The van der Waals surface area contributed by atoms with Crippen LogP contribution in [0.2, 0.25) is 0 Å². The molecule has 0 bridgehead atoms. The van der Waals surface area contributed by atoms with Crippen molar-refractivity contribution < 1.29 is 14.3 Å². The number of carbonyl (C=O) groups is 2. The van der Waals surface area contributed by atoms with E-state index in [2.05, 4.69) is 14.7 Å². The molecular weight excluding hydrogens is 222 g/mol. The number of aromatic nitrogens is 3. The Bertz CT molecular complexity index is 532. The molecule has 0 aliphatic carbocycles. The lowest BCUT2D eigenvalue weighted by Gasteiger charge is -2.01. The largest absolute Gasteiger partial charge is 0.464 e. The van der Waals surface area contributed by atoms with E-state index in [9.17, 15) is 9.59 Å². The number of esters is 1. The lowest BCUT2D eigenvalue weighted by Crippen LogP contribution is -2.11. The summed E-state index contributed by atoms with van der Waals surface area (Å²) in [5.74, 6) is -0.793. The van der Waals surface area contributed by atoms with Crippen molar-refractivity contribution in [2.75, 3.05) is 7.11 Å². The van der Waals surface area contributed by atoms with Crippen molar-refractivity contribution >= 4 is 11.9 Å². The monoisotopic (exact) mass is 231 g/mol. The van der Waals surface area contributed by atoms with Crippen LogP contribution in [0.4, 0.5) is 0 Å². The van der Waals surface area contributed by atoms with Gasteiger partial charge in [-0.3, -0.25) is 9.36 Å². The quantitative estimate of drug-likeness (QED) is 0.713. The summed E-state index contributed by atoms with van der Waals surface area (Å²) >= 11 is 0. The summed E-state index contributed by atoms with van der Waals surface area (Å²) in [6.45, 7) is 0. The number of pyridine rings is 1. The highest BCUT2D eigenvalue weighted by Gasteiger charge is 2.11. The van der Waals surface area contributed by atoms with E-state index >= 15 is 0 Å². The molecule has 2 aromatic heterocycles. The predicted molar refractivity (Wildman–Crippen MR) is 57.5 cm³/mol. The van der Waals surface area contributed by atoms with Crippen LogP contribution in [0.5, 0.6) is 0 Å². The molecule has 0 aliphatic heterocycles. The van der Waals surface area contributed by atoms with E-state index in [0.29, 0.717) is 5.56 Å². The van der Waals surface area contributed by atoms with Gasteiger partial charge in [-0.05, 0) is 12.1 Å². The fourth-order valence-electron chi connectivity index (χ4n) is 1.27. The minimum Gasteiger partial charge on any atom is -0.464 e. The van der Waals surface area contributed by atoms with E-state index in [1.54, 1.807) is 0 Å². The van der Waals surface area contributed by atoms with E-state index < -0.39 is 5.97 Å². The second-order valence-electron chi connectivity index (χ2n) is 3.20. The first-order chi connectivity index (χ1) is 8.22. The smallest absolute Gasteiger partial charge is 0.356 e. The van der Waals surface area contributed by atoms with Crippen LogP contribution >= 0.6 is 0 Å². The summed E-state index contributed by atoms with van der Waals surface area (Å²) in [4.78, 5) is 30.6. The van der Waals surface area contributed by atoms with Crippen LogP contribution in [-0.4, -0.2) is 33.5 Å². The lowest BCUT2D eigenvalue weighted by molar-refractivity contribution is 0.0593. The molecule has 2 heterocycles. The molecule has 86 valence electrons. The first-order valence-corrected chi connectivity index (χ1v) is 4.79.